The molecule has 2 aliphatic rings. The van der Waals surface area contributed by atoms with Crippen LogP contribution in [-0.4, -0.2) is 61.3 Å². The van der Waals surface area contributed by atoms with Crippen LogP contribution in [0.25, 0.3) is 0 Å². The minimum Gasteiger partial charge on any atom is -0.459 e. The fraction of sp³-hybridized carbons (Fsp3) is 0.793. The molecule has 0 fully saturated rings. The summed E-state index contributed by atoms with van der Waals surface area (Å²) >= 11 is 0. The Labute approximate surface area is 391 Å². The second-order valence-corrected chi connectivity index (χ2v) is 21.1. The molecule has 0 aliphatic carbocycles. The largest absolute Gasteiger partial charge is 0.459 e. The van der Waals surface area contributed by atoms with E-state index < -0.39 is 12.6 Å². The Hall–Kier alpha value is -2.08. The number of nitrogens with zero attached hydrogens (tertiary/aromatic N) is 2. The van der Waals surface area contributed by atoms with Gasteiger partial charge < -0.3 is 18.4 Å². The van der Waals surface area contributed by atoms with Crippen LogP contribution in [0.1, 0.15) is 255 Å². The summed E-state index contributed by atoms with van der Waals surface area (Å²) in [6.45, 7) is 39.2. The van der Waals surface area contributed by atoms with Gasteiger partial charge >= 0.3 is 0 Å². The molecule has 0 saturated heterocycles. The van der Waals surface area contributed by atoms with Gasteiger partial charge in [-0.3, -0.25) is 4.74 Å². The van der Waals surface area contributed by atoms with Crippen LogP contribution in [0.15, 0.2) is 24.3 Å². The highest BCUT2D eigenvalue weighted by atomic mass is 16.8. The van der Waals surface area contributed by atoms with Gasteiger partial charge in [0.15, 0.2) is 0 Å². The number of hydrogen-bond acceptors (Lipinski definition) is 3. The summed E-state index contributed by atoms with van der Waals surface area (Å²) in [5.74, 6) is 4.17. The maximum atomic E-state index is 6.91. The van der Waals surface area contributed by atoms with Crippen molar-refractivity contribution in [2.45, 2.75) is 236 Å². The second kappa shape index (κ2) is 27.5. The summed E-state index contributed by atoms with van der Waals surface area (Å²) in [7, 11) is 0. The van der Waals surface area contributed by atoms with Gasteiger partial charge in [0.2, 0.25) is 12.6 Å². The van der Waals surface area contributed by atoms with E-state index in [4.69, 9.17) is 14.2 Å². The van der Waals surface area contributed by atoms with Crippen LogP contribution in [0.3, 0.4) is 0 Å². The first-order valence-electron chi connectivity index (χ1n) is 27.5. The van der Waals surface area contributed by atoms with Crippen LogP contribution in [0, 0.1) is 25.7 Å². The SMILES string of the molecule is CCCCC(CCC)C(C)c1cc(C)c2c(c1)C1Oc3c(C)cc(C(C)C(CCC[N+](CCCC)(CCCC)CCCC)CC[N+](CCCC)(CCCC)CCCC)cc3C(O2)O1. The van der Waals surface area contributed by atoms with Crippen molar-refractivity contribution in [3.8, 4) is 11.5 Å². The van der Waals surface area contributed by atoms with Gasteiger partial charge in [0.05, 0.1) is 63.5 Å². The van der Waals surface area contributed by atoms with Crippen molar-refractivity contribution >= 4 is 0 Å². The van der Waals surface area contributed by atoms with E-state index in [0.717, 1.165) is 22.6 Å². The van der Waals surface area contributed by atoms with Crippen molar-refractivity contribution in [1.29, 1.82) is 0 Å². The summed E-state index contributed by atoms with van der Waals surface area (Å²) in [6, 6.07) is 9.65. The Morgan fingerprint density at radius 1 is 0.413 bits per heavy atom. The van der Waals surface area contributed by atoms with Gasteiger partial charge in [0.25, 0.3) is 0 Å². The molecule has 2 heterocycles. The Balaban J connectivity index is 1.67. The highest BCUT2D eigenvalue weighted by molar-refractivity contribution is 5.52. The predicted molar refractivity (Wildman–Crippen MR) is 271 cm³/mol. The Morgan fingerprint density at radius 3 is 1.14 bits per heavy atom. The van der Waals surface area contributed by atoms with Gasteiger partial charge in [-0.2, -0.15) is 0 Å². The van der Waals surface area contributed by atoms with Gasteiger partial charge in [-0.1, -0.05) is 146 Å². The summed E-state index contributed by atoms with van der Waals surface area (Å²) in [4.78, 5) is 0. The molecule has 360 valence electrons. The third-order valence-electron chi connectivity index (χ3n) is 16.0. The van der Waals surface area contributed by atoms with Gasteiger partial charge in [-0.05, 0) is 136 Å². The quantitative estimate of drug-likeness (QED) is 0.0656. The molecule has 63 heavy (non-hydrogen) atoms. The number of ether oxygens (including phenoxy) is 3. The Bertz CT molecular complexity index is 1540. The minimum atomic E-state index is -0.454. The molecule has 2 aliphatic heterocycles. The fourth-order valence-corrected chi connectivity index (χ4v) is 11.6. The van der Waals surface area contributed by atoms with Gasteiger partial charge in [-0.15, -0.1) is 0 Å². The molecule has 0 spiro atoms. The first-order valence-corrected chi connectivity index (χ1v) is 27.5. The van der Waals surface area contributed by atoms with Gasteiger partial charge in [0, 0.05) is 0 Å². The second-order valence-electron chi connectivity index (χ2n) is 21.1. The number of quaternary nitrogens is 2. The highest BCUT2D eigenvalue weighted by Gasteiger charge is 2.41. The average Bonchev–Trinajstić information content (AvgIpc) is 3.29. The molecule has 0 saturated carbocycles. The maximum absolute atomic E-state index is 6.91. The van der Waals surface area contributed by atoms with E-state index in [9.17, 15) is 0 Å². The first-order chi connectivity index (χ1) is 30.5. The molecule has 0 radical (unpaired) electrons. The van der Waals surface area contributed by atoms with Crippen LogP contribution >= 0.6 is 0 Å². The monoisotopic (exact) mass is 875 g/mol. The van der Waals surface area contributed by atoms with Crippen LogP contribution in [0.4, 0.5) is 0 Å². The summed E-state index contributed by atoms with van der Waals surface area (Å²) < 4.78 is 23.2. The zero-order valence-electron chi connectivity index (χ0n) is 43.7. The highest BCUT2D eigenvalue weighted by Crippen LogP contribution is 2.52. The van der Waals surface area contributed by atoms with Crippen LogP contribution in [0.2, 0.25) is 0 Å². The summed E-state index contributed by atoms with van der Waals surface area (Å²) in [5, 5.41) is 0. The minimum absolute atomic E-state index is 0.436. The van der Waals surface area contributed by atoms with E-state index in [1.165, 1.54) is 212 Å². The normalized spacial score (nSPS) is 18.0. The smallest absolute Gasteiger partial charge is 0.233 e. The molecule has 6 unspecified atom stereocenters. The van der Waals surface area contributed by atoms with E-state index in [1.54, 1.807) is 0 Å². The molecule has 0 amide bonds. The molecule has 5 nitrogen and oxygen atoms in total. The van der Waals surface area contributed by atoms with Crippen molar-refractivity contribution in [2.75, 3.05) is 52.4 Å². The van der Waals surface area contributed by atoms with Crippen molar-refractivity contribution in [2.24, 2.45) is 11.8 Å². The van der Waals surface area contributed by atoms with E-state index in [0.29, 0.717) is 23.7 Å². The molecule has 4 rings (SSSR count). The number of fused-ring (bicyclic) bond motifs is 6. The molecule has 0 N–H and O–H groups in total. The number of unbranched alkanes of at least 4 members (excludes halogenated alkanes) is 7. The van der Waals surface area contributed by atoms with Crippen molar-refractivity contribution in [1.82, 2.24) is 0 Å². The number of hydrogen-bond donors (Lipinski definition) is 0. The Morgan fingerprint density at radius 2 is 0.762 bits per heavy atom. The zero-order chi connectivity index (χ0) is 45.8. The van der Waals surface area contributed by atoms with Crippen LogP contribution in [0.5, 0.6) is 11.5 Å². The molecular formula is C58H102N2O3+2. The molecule has 5 heteroatoms. The van der Waals surface area contributed by atoms with E-state index >= 15 is 0 Å². The topological polar surface area (TPSA) is 27.7 Å². The lowest BCUT2D eigenvalue weighted by molar-refractivity contribution is -0.930. The lowest BCUT2D eigenvalue weighted by Crippen LogP contribution is -2.51. The van der Waals surface area contributed by atoms with E-state index in [1.807, 2.05) is 0 Å². The average molecular weight is 875 g/mol. The third kappa shape index (κ3) is 15.0. The van der Waals surface area contributed by atoms with Gasteiger partial charge in [0.1, 0.15) is 11.5 Å². The molecule has 2 bridgehead atoms. The van der Waals surface area contributed by atoms with Gasteiger partial charge in [-0.25, -0.2) is 0 Å². The molecular weight excluding hydrogens is 773 g/mol. The molecule has 2 aromatic carbocycles. The zero-order valence-corrected chi connectivity index (χ0v) is 43.7. The summed E-state index contributed by atoms with van der Waals surface area (Å²) in [5.41, 5.74) is 7.38. The number of benzene rings is 2. The van der Waals surface area contributed by atoms with Crippen molar-refractivity contribution in [3.05, 3.63) is 57.6 Å². The lowest BCUT2D eigenvalue weighted by atomic mass is 9.80. The van der Waals surface area contributed by atoms with E-state index in [2.05, 4.69) is 107 Å². The van der Waals surface area contributed by atoms with Crippen molar-refractivity contribution < 1.29 is 23.2 Å². The van der Waals surface area contributed by atoms with Crippen molar-refractivity contribution in [3.63, 3.8) is 0 Å². The van der Waals surface area contributed by atoms with Crippen LogP contribution < -0.4 is 9.47 Å². The third-order valence-corrected chi connectivity index (χ3v) is 16.0. The first kappa shape index (κ1) is 53.5. The van der Waals surface area contributed by atoms with Crippen LogP contribution in [-0.2, 0) is 4.74 Å². The number of rotatable bonds is 34. The molecule has 0 aromatic heterocycles. The molecule has 6 atom stereocenters. The number of aryl methyl sites for hydroxylation is 2. The molecule has 2 aromatic rings. The standard InChI is InChI=1S/C58H102N2O3/c1-13-21-30-49(29-20-8)47(11)51-41-45(9)55-53(43-51)57-62-56-46(10)42-52(44-54(56)58(61-55)63-57)48(12)50(32-40-60(36-25-17-5,37-26-18-6)38-27-19-7)31-28-39-59(33-22-14-2,34-23-15-3)35-24-16-4/h41-44,47-50,57-58H,13-40H2,1-12H3/q+2. The Kier molecular flexibility index (Phi) is 23.4. The van der Waals surface area contributed by atoms with E-state index in [-0.39, 0.29) is 0 Å². The maximum Gasteiger partial charge on any atom is 0.233 e. The fourth-order valence-electron chi connectivity index (χ4n) is 11.6. The predicted octanol–water partition coefficient (Wildman–Crippen LogP) is 16.8. The lowest BCUT2D eigenvalue weighted by Gasteiger charge is -2.42. The summed E-state index contributed by atoms with van der Waals surface area (Å²) in [6.07, 6.45) is 25.2.